The number of H-pyrrole nitrogens is 1. The third kappa shape index (κ3) is 2.02. The number of hydrogen-bond acceptors (Lipinski definition) is 1. The second kappa shape index (κ2) is 4.37. The van der Waals surface area contributed by atoms with Crippen LogP contribution < -0.4 is 0 Å². The van der Waals surface area contributed by atoms with Crippen LogP contribution in [-0.4, -0.2) is 9.97 Å². The molecule has 1 N–H and O–H groups in total. The van der Waals surface area contributed by atoms with Crippen molar-refractivity contribution in [3.05, 3.63) is 40.0 Å². The highest BCUT2D eigenvalue weighted by Gasteiger charge is 2.10. The number of imidazole rings is 1. The van der Waals surface area contributed by atoms with Gasteiger partial charge < -0.3 is 4.98 Å². The maximum Gasteiger partial charge on any atom is 0.126 e. The predicted octanol–water partition coefficient (Wildman–Crippen LogP) is 3.85. The molecule has 1 aromatic heterocycles. The van der Waals surface area contributed by atoms with Crippen LogP contribution in [0.25, 0.3) is 11.3 Å². The first-order chi connectivity index (χ1) is 7.61. The van der Waals surface area contributed by atoms with E-state index >= 15 is 0 Å². The van der Waals surface area contributed by atoms with Crippen LogP contribution in [0.4, 0.5) is 4.39 Å². The van der Waals surface area contributed by atoms with E-state index in [4.69, 9.17) is 0 Å². The first kappa shape index (κ1) is 11.3. The summed E-state index contributed by atoms with van der Waals surface area (Å²) in [6, 6.07) is 5.01. The number of halogens is 2. The number of aryl methyl sites for hydroxylation is 2. The van der Waals surface area contributed by atoms with Crippen molar-refractivity contribution in [3.8, 4) is 11.3 Å². The van der Waals surface area contributed by atoms with Gasteiger partial charge in [0.15, 0.2) is 0 Å². The fourth-order valence-corrected chi connectivity index (χ4v) is 2.10. The standard InChI is InChI=1S/C12H12BrFN2/c1-3-10-15-11(12(13)16-10)8-4-5-9(14)7(2)6-8/h4-6H,3H2,1-2H3,(H,15,16). The molecule has 0 radical (unpaired) electrons. The molecule has 0 atom stereocenters. The molecule has 0 unspecified atom stereocenters. The third-order valence-electron chi connectivity index (χ3n) is 2.47. The molecule has 1 heterocycles. The second-order valence-electron chi connectivity index (χ2n) is 3.66. The Labute approximate surface area is 102 Å². The van der Waals surface area contributed by atoms with E-state index in [0.29, 0.717) is 5.56 Å². The van der Waals surface area contributed by atoms with E-state index in [2.05, 4.69) is 25.9 Å². The molecule has 0 aliphatic rings. The molecule has 4 heteroatoms. The molecule has 0 spiro atoms. The molecule has 2 aromatic rings. The molecule has 1 aromatic carbocycles. The SMILES string of the molecule is CCc1nc(-c2ccc(F)c(C)c2)c(Br)[nH]1. The number of rotatable bonds is 2. The first-order valence-corrected chi connectivity index (χ1v) is 5.92. The highest BCUT2D eigenvalue weighted by atomic mass is 79.9. The Morgan fingerprint density at radius 2 is 2.19 bits per heavy atom. The maximum atomic E-state index is 13.1. The van der Waals surface area contributed by atoms with E-state index in [-0.39, 0.29) is 5.82 Å². The molecule has 0 bridgehead atoms. The van der Waals surface area contributed by atoms with Crippen molar-refractivity contribution < 1.29 is 4.39 Å². The van der Waals surface area contributed by atoms with Crippen LogP contribution in [0.15, 0.2) is 22.8 Å². The molecule has 0 aliphatic heterocycles. The molecule has 0 aliphatic carbocycles. The minimum Gasteiger partial charge on any atom is -0.336 e. The lowest BCUT2D eigenvalue weighted by molar-refractivity contribution is 0.619. The monoisotopic (exact) mass is 282 g/mol. The lowest BCUT2D eigenvalue weighted by Gasteiger charge is -2.00. The van der Waals surface area contributed by atoms with Gasteiger partial charge in [0.1, 0.15) is 21.9 Å². The minimum absolute atomic E-state index is 0.189. The van der Waals surface area contributed by atoms with Crippen LogP contribution in [-0.2, 0) is 6.42 Å². The first-order valence-electron chi connectivity index (χ1n) is 5.12. The number of aromatic nitrogens is 2. The van der Waals surface area contributed by atoms with Crippen molar-refractivity contribution in [2.24, 2.45) is 0 Å². The van der Waals surface area contributed by atoms with Gasteiger partial charge in [0.05, 0.1) is 0 Å². The average molecular weight is 283 g/mol. The van der Waals surface area contributed by atoms with Gasteiger partial charge >= 0.3 is 0 Å². The second-order valence-corrected chi connectivity index (χ2v) is 4.46. The molecule has 2 nitrogen and oxygen atoms in total. The van der Waals surface area contributed by atoms with Crippen molar-refractivity contribution in [3.63, 3.8) is 0 Å². The van der Waals surface area contributed by atoms with Crippen LogP contribution in [0.2, 0.25) is 0 Å². The molecule has 2 rings (SSSR count). The van der Waals surface area contributed by atoms with Gasteiger partial charge in [-0.3, -0.25) is 0 Å². The number of aromatic amines is 1. The summed E-state index contributed by atoms with van der Waals surface area (Å²) in [6.45, 7) is 3.78. The van der Waals surface area contributed by atoms with Gasteiger partial charge in [0, 0.05) is 12.0 Å². The zero-order valence-corrected chi connectivity index (χ0v) is 10.7. The van der Waals surface area contributed by atoms with Crippen molar-refractivity contribution in [2.45, 2.75) is 20.3 Å². The van der Waals surface area contributed by atoms with Crippen molar-refractivity contribution >= 4 is 15.9 Å². The van der Waals surface area contributed by atoms with E-state index < -0.39 is 0 Å². The Morgan fingerprint density at radius 3 is 2.75 bits per heavy atom. The Kier molecular flexibility index (Phi) is 3.10. The van der Waals surface area contributed by atoms with Gasteiger partial charge in [-0.2, -0.15) is 0 Å². The van der Waals surface area contributed by atoms with Crippen LogP contribution in [0.1, 0.15) is 18.3 Å². The topological polar surface area (TPSA) is 28.7 Å². The fourth-order valence-electron chi connectivity index (χ4n) is 1.55. The van der Waals surface area contributed by atoms with E-state index in [0.717, 1.165) is 28.1 Å². The number of nitrogens with zero attached hydrogens (tertiary/aromatic N) is 1. The molecular weight excluding hydrogens is 271 g/mol. The van der Waals surface area contributed by atoms with Gasteiger partial charge in [0.2, 0.25) is 0 Å². The lowest BCUT2D eigenvalue weighted by Crippen LogP contribution is -1.86. The summed E-state index contributed by atoms with van der Waals surface area (Å²) in [7, 11) is 0. The summed E-state index contributed by atoms with van der Waals surface area (Å²) in [5, 5.41) is 0. The van der Waals surface area contributed by atoms with Crippen molar-refractivity contribution in [1.29, 1.82) is 0 Å². The minimum atomic E-state index is -0.189. The highest BCUT2D eigenvalue weighted by Crippen LogP contribution is 2.27. The molecule has 0 amide bonds. The Hall–Kier alpha value is -1.16. The molecule has 0 saturated heterocycles. The summed E-state index contributed by atoms with van der Waals surface area (Å²) in [5.41, 5.74) is 2.38. The zero-order chi connectivity index (χ0) is 11.7. The predicted molar refractivity (Wildman–Crippen MR) is 65.8 cm³/mol. The van der Waals surface area contributed by atoms with Crippen LogP contribution in [0.5, 0.6) is 0 Å². The van der Waals surface area contributed by atoms with Crippen molar-refractivity contribution in [2.75, 3.05) is 0 Å². The molecule has 84 valence electrons. The molecule has 0 saturated carbocycles. The van der Waals surface area contributed by atoms with Gasteiger partial charge in [0.25, 0.3) is 0 Å². The number of hydrogen-bond donors (Lipinski definition) is 1. The van der Waals surface area contributed by atoms with Gasteiger partial charge in [-0.25, -0.2) is 9.37 Å². The normalized spacial score (nSPS) is 10.8. The molecule has 0 fully saturated rings. The van der Waals surface area contributed by atoms with E-state index in [1.54, 1.807) is 19.1 Å². The van der Waals surface area contributed by atoms with Crippen molar-refractivity contribution in [1.82, 2.24) is 9.97 Å². The Balaban J connectivity index is 2.49. The smallest absolute Gasteiger partial charge is 0.126 e. The van der Waals surface area contributed by atoms with E-state index in [9.17, 15) is 4.39 Å². The van der Waals surface area contributed by atoms with E-state index in [1.807, 2.05) is 6.92 Å². The average Bonchev–Trinajstić information content (AvgIpc) is 2.64. The Bertz CT molecular complexity index is 520. The zero-order valence-electron chi connectivity index (χ0n) is 9.14. The van der Waals surface area contributed by atoms with Gasteiger partial charge in [-0.05, 0) is 46.6 Å². The van der Waals surface area contributed by atoms with Gasteiger partial charge in [-0.1, -0.05) is 6.92 Å². The number of benzene rings is 1. The van der Waals surface area contributed by atoms with Crippen LogP contribution in [0.3, 0.4) is 0 Å². The van der Waals surface area contributed by atoms with E-state index in [1.165, 1.54) is 6.07 Å². The van der Waals surface area contributed by atoms with Crippen LogP contribution >= 0.6 is 15.9 Å². The maximum absolute atomic E-state index is 13.1. The van der Waals surface area contributed by atoms with Crippen LogP contribution in [0, 0.1) is 12.7 Å². The Morgan fingerprint density at radius 1 is 1.44 bits per heavy atom. The molecule has 16 heavy (non-hydrogen) atoms. The number of nitrogens with one attached hydrogen (secondary N) is 1. The summed E-state index contributed by atoms with van der Waals surface area (Å²) >= 11 is 3.43. The summed E-state index contributed by atoms with van der Waals surface area (Å²) < 4.78 is 14.0. The summed E-state index contributed by atoms with van der Waals surface area (Å²) in [5.74, 6) is 0.731. The molecular formula is C12H12BrFN2. The van der Waals surface area contributed by atoms with Gasteiger partial charge in [-0.15, -0.1) is 0 Å². The quantitative estimate of drug-likeness (QED) is 0.891. The summed E-state index contributed by atoms with van der Waals surface area (Å²) in [6.07, 6.45) is 0.846. The third-order valence-corrected chi connectivity index (χ3v) is 3.05. The summed E-state index contributed by atoms with van der Waals surface area (Å²) in [4.78, 5) is 7.58. The lowest BCUT2D eigenvalue weighted by atomic mass is 10.1. The highest BCUT2D eigenvalue weighted by molar-refractivity contribution is 9.10. The fraction of sp³-hybridized carbons (Fsp3) is 0.250. The largest absolute Gasteiger partial charge is 0.336 e.